The summed E-state index contributed by atoms with van der Waals surface area (Å²) >= 11 is 1.17. The van der Waals surface area contributed by atoms with Crippen LogP contribution in [0.5, 0.6) is 5.75 Å². The molecule has 4 amide bonds. The lowest BCUT2D eigenvalue weighted by atomic mass is 9.92. The van der Waals surface area contributed by atoms with Crippen molar-refractivity contribution in [2.24, 2.45) is 0 Å². The molecule has 1 unspecified atom stereocenters. The second kappa shape index (κ2) is 10.9. The van der Waals surface area contributed by atoms with Crippen molar-refractivity contribution in [1.29, 1.82) is 0 Å². The fraction of sp³-hybridized carbons (Fsp3) is 0.129. The molecule has 5 rings (SSSR count). The van der Waals surface area contributed by atoms with Crippen LogP contribution in [-0.4, -0.2) is 34.6 Å². The zero-order chi connectivity index (χ0) is 26.5. The van der Waals surface area contributed by atoms with Crippen molar-refractivity contribution in [3.8, 4) is 5.75 Å². The molecule has 190 valence electrons. The predicted molar refractivity (Wildman–Crippen MR) is 148 cm³/mol. The number of urea groups is 1. The molecule has 0 spiro atoms. The average molecular weight is 523 g/mol. The monoisotopic (exact) mass is 522 g/mol. The second-order valence-corrected chi connectivity index (χ2v) is 10.3. The zero-order valence-corrected chi connectivity index (χ0v) is 21.6. The number of carbonyl (C=O) groups excluding carboxylic acids is 3. The average Bonchev–Trinajstić information content (AvgIpc) is 2.96. The summed E-state index contributed by atoms with van der Waals surface area (Å²) in [6.45, 7) is 0.0504. The number of hydrogen-bond acceptors (Lipinski definition) is 5. The quantitative estimate of drug-likeness (QED) is 0.267. The van der Waals surface area contributed by atoms with Crippen molar-refractivity contribution < 1.29 is 19.1 Å². The number of imide groups is 2. The second-order valence-electron chi connectivity index (χ2n) is 8.90. The Hall–Kier alpha value is -4.36. The molecule has 1 aliphatic rings. The van der Waals surface area contributed by atoms with Crippen LogP contribution >= 0.6 is 11.8 Å². The molecule has 1 aliphatic heterocycles. The van der Waals surface area contributed by atoms with Gasteiger partial charge in [-0.1, -0.05) is 90.6 Å². The summed E-state index contributed by atoms with van der Waals surface area (Å²) in [6.07, 6.45) is 0.115. The topological polar surface area (TPSA) is 66.9 Å². The third-order valence-corrected chi connectivity index (χ3v) is 7.76. The molecule has 4 aromatic carbocycles. The van der Waals surface area contributed by atoms with Crippen molar-refractivity contribution in [2.75, 3.05) is 12.0 Å². The van der Waals surface area contributed by atoms with Crippen LogP contribution in [0.15, 0.2) is 120 Å². The number of rotatable bonds is 8. The van der Waals surface area contributed by atoms with Crippen LogP contribution in [0.2, 0.25) is 0 Å². The van der Waals surface area contributed by atoms with Crippen LogP contribution in [0, 0.1) is 0 Å². The molecule has 0 bridgehead atoms. The summed E-state index contributed by atoms with van der Waals surface area (Å²) in [6, 6.07) is 34.1. The molecule has 1 heterocycles. The van der Waals surface area contributed by atoms with E-state index in [9.17, 15) is 14.4 Å². The van der Waals surface area contributed by atoms with Gasteiger partial charge >= 0.3 is 6.03 Å². The van der Waals surface area contributed by atoms with Gasteiger partial charge in [0.05, 0.1) is 19.3 Å². The van der Waals surface area contributed by atoms with Gasteiger partial charge in [-0.05, 0) is 47.5 Å². The minimum absolute atomic E-state index is 0.0504. The van der Waals surface area contributed by atoms with Gasteiger partial charge in [-0.15, -0.1) is 0 Å². The molecule has 4 aromatic rings. The molecule has 6 nitrogen and oxygen atoms in total. The van der Waals surface area contributed by atoms with E-state index in [2.05, 4.69) is 0 Å². The fourth-order valence-corrected chi connectivity index (χ4v) is 5.79. The van der Waals surface area contributed by atoms with E-state index in [1.165, 1.54) is 16.7 Å². The smallest absolute Gasteiger partial charge is 0.338 e. The Morgan fingerprint density at radius 1 is 0.684 bits per heavy atom. The summed E-state index contributed by atoms with van der Waals surface area (Å²) in [5.74, 6) is -0.430. The van der Waals surface area contributed by atoms with Gasteiger partial charge in [0.2, 0.25) is 0 Å². The molecule has 38 heavy (non-hydrogen) atoms. The van der Waals surface area contributed by atoms with Gasteiger partial charge in [-0.2, -0.15) is 0 Å². The summed E-state index contributed by atoms with van der Waals surface area (Å²) in [5.41, 5.74) is 2.03. The number of amides is 4. The van der Waals surface area contributed by atoms with E-state index in [-0.39, 0.29) is 13.0 Å². The van der Waals surface area contributed by atoms with E-state index in [0.29, 0.717) is 16.3 Å². The highest BCUT2D eigenvalue weighted by Crippen LogP contribution is 2.43. The molecular weight excluding hydrogens is 496 g/mol. The fourth-order valence-electron chi connectivity index (χ4n) is 4.50. The Bertz CT molecular complexity index is 1430. The third-order valence-electron chi connectivity index (χ3n) is 6.41. The Labute approximate surface area is 225 Å². The van der Waals surface area contributed by atoms with Crippen LogP contribution in [-0.2, 0) is 22.6 Å². The Balaban J connectivity index is 1.66. The van der Waals surface area contributed by atoms with Gasteiger partial charge < -0.3 is 4.74 Å². The van der Waals surface area contributed by atoms with Crippen LogP contribution in [0.4, 0.5) is 10.5 Å². The molecule has 1 fully saturated rings. The molecule has 7 heteroatoms. The maximum Gasteiger partial charge on any atom is 0.338 e. The number of ether oxygens (including phenoxy) is 1. The lowest BCUT2D eigenvalue weighted by Crippen LogP contribution is -2.68. The maximum absolute atomic E-state index is 14.4. The highest BCUT2D eigenvalue weighted by atomic mass is 32.2. The van der Waals surface area contributed by atoms with E-state index in [4.69, 9.17) is 4.74 Å². The molecule has 0 radical (unpaired) electrons. The van der Waals surface area contributed by atoms with E-state index in [1.54, 1.807) is 43.5 Å². The van der Waals surface area contributed by atoms with E-state index >= 15 is 0 Å². The molecule has 1 saturated heterocycles. The first-order chi connectivity index (χ1) is 18.5. The normalized spacial score (nSPS) is 17.6. The highest BCUT2D eigenvalue weighted by molar-refractivity contribution is 8.02. The largest absolute Gasteiger partial charge is 0.497 e. The first kappa shape index (κ1) is 25.3. The van der Waals surface area contributed by atoms with Gasteiger partial charge in [-0.25, -0.2) is 9.69 Å². The SMILES string of the molecule is COc1ccc(SC2(Cc3ccccc3)C(=O)N(Cc3ccccc3)C(=O)N(c3ccccc3)C2=O)cc1. The van der Waals surface area contributed by atoms with Crippen molar-refractivity contribution in [1.82, 2.24) is 4.90 Å². The van der Waals surface area contributed by atoms with Crippen LogP contribution in [0.1, 0.15) is 11.1 Å². The zero-order valence-electron chi connectivity index (χ0n) is 20.8. The van der Waals surface area contributed by atoms with E-state index in [0.717, 1.165) is 16.0 Å². The van der Waals surface area contributed by atoms with Gasteiger partial charge in [0.25, 0.3) is 11.8 Å². The number of barbiturate groups is 1. The Kier molecular flexibility index (Phi) is 7.29. The van der Waals surface area contributed by atoms with Crippen molar-refractivity contribution >= 4 is 35.3 Å². The highest BCUT2D eigenvalue weighted by Gasteiger charge is 2.58. The molecule has 0 saturated carbocycles. The Morgan fingerprint density at radius 3 is 1.82 bits per heavy atom. The van der Waals surface area contributed by atoms with Crippen molar-refractivity contribution in [2.45, 2.75) is 22.6 Å². The molecule has 1 atom stereocenters. The number of nitrogens with zero attached hydrogens (tertiary/aromatic N) is 2. The van der Waals surface area contributed by atoms with E-state index < -0.39 is 22.6 Å². The van der Waals surface area contributed by atoms with Crippen LogP contribution in [0.25, 0.3) is 0 Å². The van der Waals surface area contributed by atoms with E-state index in [1.807, 2.05) is 78.9 Å². The van der Waals surface area contributed by atoms with Crippen LogP contribution < -0.4 is 9.64 Å². The van der Waals surface area contributed by atoms with Crippen molar-refractivity contribution in [3.05, 3.63) is 126 Å². The number of methoxy groups -OCH3 is 1. The molecule has 0 aliphatic carbocycles. The van der Waals surface area contributed by atoms with Gasteiger partial charge in [0.15, 0.2) is 4.75 Å². The summed E-state index contributed by atoms with van der Waals surface area (Å²) in [7, 11) is 1.58. The number of carbonyl (C=O) groups is 3. The summed E-state index contributed by atoms with van der Waals surface area (Å²) < 4.78 is 3.67. The number of thioether (sulfide) groups is 1. The van der Waals surface area contributed by atoms with Gasteiger partial charge in [0, 0.05) is 11.3 Å². The number of para-hydroxylation sites is 1. The standard InChI is InChI=1S/C31H26N2O4S/c1-37-26-17-19-27(20-18-26)38-31(21-23-11-5-2-6-12-23)28(34)32(22-24-13-7-3-8-14-24)30(36)33(29(31)35)25-15-9-4-10-16-25/h2-20H,21-22H2,1H3. The first-order valence-electron chi connectivity index (χ1n) is 12.2. The molecule has 0 aromatic heterocycles. The number of benzene rings is 4. The lowest BCUT2D eigenvalue weighted by Gasteiger charge is -2.43. The third kappa shape index (κ3) is 4.93. The summed E-state index contributed by atoms with van der Waals surface area (Å²) in [4.78, 5) is 45.7. The minimum Gasteiger partial charge on any atom is -0.497 e. The number of hydrogen-bond donors (Lipinski definition) is 0. The molecular formula is C31H26N2O4S. The first-order valence-corrected chi connectivity index (χ1v) is 13.0. The summed E-state index contributed by atoms with van der Waals surface area (Å²) in [5, 5.41) is 0. The number of anilines is 1. The minimum atomic E-state index is -1.62. The van der Waals surface area contributed by atoms with Crippen LogP contribution in [0.3, 0.4) is 0 Å². The lowest BCUT2D eigenvalue weighted by molar-refractivity contribution is -0.139. The maximum atomic E-state index is 14.4. The van der Waals surface area contributed by atoms with Gasteiger partial charge in [0.1, 0.15) is 5.75 Å². The van der Waals surface area contributed by atoms with Crippen molar-refractivity contribution in [3.63, 3.8) is 0 Å². The molecule has 0 N–H and O–H groups in total. The Morgan fingerprint density at radius 2 is 1.24 bits per heavy atom. The van der Waals surface area contributed by atoms with Gasteiger partial charge in [-0.3, -0.25) is 14.5 Å². The predicted octanol–water partition coefficient (Wildman–Crippen LogP) is 5.96.